The molecule has 5 heteroatoms. The molecular formula is C27H20N2O2S. The summed E-state index contributed by atoms with van der Waals surface area (Å²) in [6, 6.07) is 26.0. The number of aromatic nitrogens is 1. The highest BCUT2D eigenvalue weighted by atomic mass is 32.2. The molecule has 1 aromatic heterocycles. The number of aliphatic imine (C=N–C) groups is 1. The van der Waals surface area contributed by atoms with E-state index in [4.69, 9.17) is 9.72 Å². The van der Waals surface area contributed by atoms with Crippen LogP contribution in [0.5, 0.6) is 0 Å². The van der Waals surface area contributed by atoms with E-state index in [1.807, 2.05) is 36.4 Å². The fourth-order valence-corrected chi connectivity index (χ4v) is 4.33. The maximum atomic E-state index is 12.6. The van der Waals surface area contributed by atoms with E-state index >= 15 is 0 Å². The third kappa shape index (κ3) is 4.20. The molecular weight excluding hydrogens is 416 g/mol. The number of benzene rings is 3. The Morgan fingerprint density at radius 2 is 1.62 bits per heavy atom. The van der Waals surface area contributed by atoms with Crippen molar-refractivity contribution in [1.29, 1.82) is 0 Å². The van der Waals surface area contributed by atoms with E-state index in [-0.39, 0.29) is 5.70 Å². The van der Waals surface area contributed by atoms with E-state index in [2.05, 4.69) is 61.3 Å². The van der Waals surface area contributed by atoms with E-state index in [1.54, 1.807) is 17.8 Å². The number of fused-ring (bicyclic) bond motifs is 1. The van der Waals surface area contributed by atoms with Gasteiger partial charge in [-0.15, -0.1) is 0 Å². The van der Waals surface area contributed by atoms with Gasteiger partial charge in [0.05, 0.1) is 5.52 Å². The molecule has 0 fully saturated rings. The normalized spacial score (nSPS) is 14.6. The van der Waals surface area contributed by atoms with Gasteiger partial charge in [-0.1, -0.05) is 59.3 Å². The lowest BCUT2D eigenvalue weighted by Crippen LogP contribution is -2.05. The first-order valence-electron chi connectivity index (χ1n) is 10.3. The molecule has 0 spiro atoms. The summed E-state index contributed by atoms with van der Waals surface area (Å²) >= 11 is 1.57. The minimum atomic E-state index is -0.459. The molecule has 3 aromatic carbocycles. The highest BCUT2D eigenvalue weighted by Gasteiger charge is 2.24. The molecule has 0 bridgehead atoms. The number of aryl methyl sites for hydroxylation is 2. The van der Waals surface area contributed by atoms with Crippen molar-refractivity contribution < 1.29 is 9.53 Å². The van der Waals surface area contributed by atoms with Crippen molar-refractivity contribution >= 4 is 40.6 Å². The molecule has 0 atom stereocenters. The first-order chi connectivity index (χ1) is 15.5. The molecule has 0 radical (unpaired) electrons. The molecule has 1 aliphatic heterocycles. The van der Waals surface area contributed by atoms with Crippen LogP contribution in [0.15, 0.2) is 99.5 Å². The summed E-state index contributed by atoms with van der Waals surface area (Å²) in [6.45, 7) is 4.12. The number of pyridine rings is 1. The van der Waals surface area contributed by atoms with E-state index in [1.165, 1.54) is 5.56 Å². The smallest absolute Gasteiger partial charge is 0.363 e. The van der Waals surface area contributed by atoms with Crippen LogP contribution < -0.4 is 0 Å². The van der Waals surface area contributed by atoms with Crippen LogP contribution >= 0.6 is 11.8 Å². The molecule has 2 heterocycles. The van der Waals surface area contributed by atoms with Crippen molar-refractivity contribution in [2.45, 2.75) is 23.8 Å². The maximum absolute atomic E-state index is 12.6. The average Bonchev–Trinajstić information content (AvgIpc) is 3.16. The van der Waals surface area contributed by atoms with Crippen molar-refractivity contribution in [1.82, 2.24) is 4.98 Å². The Hall–Kier alpha value is -3.70. The summed E-state index contributed by atoms with van der Waals surface area (Å²) in [6.07, 6.45) is 1.77. The van der Waals surface area contributed by atoms with Crippen molar-refractivity contribution in [2.24, 2.45) is 4.99 Å². The second-order valence-corrected chi connectivity index (χ2v) is 8.76. The Kier molecular flexibility index (Phi) is 5.33. The van der Waals surface area contributed by atoms with Gasteiger partial charge in [0, 0.05) is 21.4 Å². The van der Waals surface area contributed by atoms with E-state index in [0.29, 0.717) is 5.90 Å². The molecule has 5 rings (SSSR count). The molecule has 156 valence electrons. The standard InChI is InChI=1S/C27H20N2O2S/c1-17-8-11-22(12-9-17)32-26-21(15-20-14-18(2)10-13-23(20)29-26)16-24-27(30)31-25(28-24)19-6-4-3-5-7-19/h3-16H,1-2H3. The third-order valence-corrected chi connectivity index (χ3v) is 6.16. The van der Waals surface area contributed by atoms with Gasteiger partial charge >= 0.3 is 5.97 Å². The van der Waals surface area contributed by atoms with E-state index < -0.39 is 5.97 Å². The van der Waals surface area contributed by atoms with E-state index in [0.717, 1.165) is 37.5 Å². The summed E-state index contributed by atoms with van der Waals surface area (Å²) in [4.78, 5) is 23.0. The van der Waals surface area contributed by atoms with Crippen molar-refractivity contribution in [2.75, 3.05) is 0 Å². The Morgan fingerprint density at radius 1 is 0.875 bits per heavy atom. The number of hydrogen-bond acceptors (Lipinski definition) is 5. The summed E-state index contributed by atoms with van der Waals surface area (Å²) in [5.74, 6) is -0.140. The molecule has 1 aliphatic rings. The highest BCUT2D eigenvalue weighted by Crippen LogP contribution is 2.33. The molecule has 0 aliphatic carbocycles. The molecule has 32 heavy (non-hydrogen) atoms. The van der Waals surface area contributed by atoms with Crippen LogP contribution in [0.4, 0.5) is 0 Å². The van der Waals surface area contributed by atoms with Gasteiger partial charge in [0.1, 0.15) is 5.03 Å². The fraction of sp³-hybridized carbons (Fsp3) is 0.0741. The number of esters is 1. The lowest BCUT2D eigenvalue weighted by Gasteiger charge is -2.09. The zero-order valence-corrected chi connectivity index (χ0v) is 18.5. The topological polar surface area (TPSA) is 51.6 Å². The average molecular weight is 437 g/mol. The minimum Gasteiger partial charge on any atom is -0.402 e. The molecule has 0 unspecified atom stereocenters. The van der Waals surface area contributed by atoms with Crippen LogP contribution in [0.1, 0.15) is 22.3 Å². The van der Waals surface area contributed by atoms with Gasteiger partial charge < -0.3 is 4.74 Å². The Labute approximate surface area is 190 Å². The monoisotopic (exact) mass is 436 g/mol. The van der Waals surface area contributed by atoms with Gasteiger partial charge in [-0.3, -0.25) is 0 Å². The second-order valence-electron chi connectivity index (χ2n) is 7.70. The summed E-state index contributed by atoms with van der Waals surface area (Å²) in [5.41, 5.74) is 5.14. The first-order valence-corrected chi connectivity index (χ1v) is 11.1. The Morgan fingerprint density at radius 3 is 2.41 bits per heavy atom. The predicted octanol–water partition coefficient (Wildman–Crippen LogP) is 6.35. The molecule has 0 saturated carbocycles. The first kappa shape index (κ1) is 20.2. The summed E-state index contributed by atoms with van der Waals surface area (Å²) in [5, 5.41) is 1.83. The van der Waals surface area contributed by atoms with Gasteiger partial charge in [-0.25, -0.2) is 14.8 Å². The molecule has 4 aromatic rings. The minimum absolute atomic E-state index is 0.267. The maximum Gasteiger partial charge on any atom is 0.363 e. The van der Waals surface area contributed by atoms with Crippen molar-refractivity contribution in [3.8, 4) is 0 Å². The van der Waals surface area contributed by atoms with Gasteiger partial charge in [0.2, 0.25) is 5.90 Å². The van der Waals surface area contributed by atoms with Gasteiger partial charge in [0.15, 0.2) is 5.70 Å². The number of carbonyl (C=O) groups is 1. The van der Waals surface area contributed by atoms with Crippen LogP contribution in [-0.2, 0) is 9.53 Å². The van der Waals surface area contributed by atoms with Gasteiger partial charge in [-0.05, 0) is 62.4 Å². The van der Waals surface area contributed by atoms with Crippen molar-refractivity contribution in [3.63, 3.8) is 0 Å². The number of ether oxygens (including phenoxy) is 1. The third-order valence-electron chi connectivity index (χ3n) is 5.13. The fourth-order valence-electron chi connectivity index (χ4n) is 3.46. The number of carbonyl (C=O) groups excluding carboxylic acids is 1. The largest absolute Gasteiger partial charge is 0.402 e. The summed E-state index contributed by atoms with van der Waals surface area (Å²) < 4.78 is 5.43. The van der Waals surface area contributed by atoms with Crippen molar-refractivity contribution in [3.05, 3.63) is 107 Å². The summed E-state index contributed by atoms with van der Waals surface area (Å²) in [7, 11) is 0. The Bertz CT molecular complexity index is 1390. The lowest BCUT2D eigenvalue weighted by atomic mass is 10.1. The molecule has 0 amide bonds. The number of cyclic esters (lactones) is 1. The van der Waals surface area contributed by atoms with Gasteiger partial charge in [0.25, 0.3) is 0 Å². The quantitative estimate of drug-likeness (QED) is 0.276. The van der Waals surface area contributed by atoms with Crippen LogP contribution in [0.2, 0.25) is 0 Å². The predicted molar refractivity (Wildman–Crippen MR) is 129 cm³/mol. The number of hydrogen-bond donors (Lipinski definition) is 0. The van der Waals surface area contributed by atoms with Gasteiger partial charge in [-0.2, -0.15) is 0 Å². The second kappa shape index (κ2) is 8.44. The number of nitrogens with zero attached hydrogens (tertiary/aromatic N) is 2. The van der Waals surface area contributed by atoms with E-state index in [9.17, 15) is 4.79 Å². The zero-order chi connectivity index (χ0) is 22.1. The lowest BCUT2D eigenvalue weighted by molar-refractivity contribution is -0.129. The highest BCUT2D eigenvalue weighted by molar-refractivity contribution is 7.99. The SMILES string of the molecule is Cc1ccc(Sc2nc3ccc(C)cc3cc2C=C2N=C(c3ccccc3)OC2=O)cc1. The zero-order valence-electron chi connectivity index (χ0n) is 17.7. The van der Waals surface area contributed by atoms with Crippen LogP contribution in [-0.4, -0.2) is 16.9 Å². The Balaban J connectivity index is 1.60. The van der Waals surface area contributed by atoms with Crippen LogP contribution in [0.25, 0.3) is 17.0 Å². The van der Waals surface area contributed by atoms with Crippen LogP contribution in [0.3, 0.4) is 0 Å². The molecule has 4 nitrogen and oxygen atoms in total. The molecule has 0 saturated heterocycles. The molecule has 0 N–H and O–H groups in total. The number of rotatable bonds is 4. The van der Waals surface area contributed by atoms with Crippen LogP contribution in [0, 0.1) is 13.8 Å².